The summed E-state index contributed by atoms with van der Waals surface area (Å²) in [4.78, 5) is 14.6. The Hall–Kier alpha value is -2.16. The molecule has 2 heterocycles. The van der Waals surface area contributed by atoms with Gasteiger partial charge >= 0.3 is 0 Å². The van der Waals surface area contributed by atoms with Gasteiger partial charge in [-0.25, -0.2) is 0 Å². The highest BCUT2D eigenvalue weighted by atomic mass is 16.1. The number of hydrogen-bond donors (Lipinski definition) is 0. The molecule has 0 unspecified atom stereocenters. The van der Waals surface area contributed by atoms with Gasteiger partial charge in [0, 0.05) is 25.1 Å². The van der Waals surface area contributed by atoms with Crippen LogP contribution in [-0.2, 0) is 7.05 Å². The van der Waals surface area contributed by atoms with Crippen molar-refractivity contribution in [2.45, 2.75) is 0 Å². The maximum atomic E-state index is 10.7. The summed E-state index contributed by atoms with van der Waals surface area (Å²) in [5, 5.41) is 0. The molecule has 0 bridgehead atoms. The minimum atomic E-state index is 0.675. The molecule has 0 spiro atoms. The molecule has 0 aromatic carbocycles. The summed E-state index contributed by atoms with van der Waals surface area (Å²) in [6.07, 6.45) is 8.32. The standard InChI is InChI=1S/C13H12N2O/c1-15-12(4-5-13(15)10-16)3-2-11-6-8-14-9-7-11/h2-10H,1H3. The zero-order valence-corrected chi connectivity index (χ0v) is 9.00. The van der Waals surface area contributed by atoms with Crippen molar-refractivity contribution in [3.63, 3.8) is 0 Å². The van der Waals surface area contributed by atoms with Gasteiger partial charge < -0.3 is 4.57 Å². The predicted molar refractivity (Wildman–Crippen MR) is 64.0 cm³/mol. The summed E-state index contributed by atoms with van der Waals surface area (Å²) in [6, 6.07) is 7.58. The lowest BCUT2D eigenvalue weighted by atomic mass is 10.2. The Balaban J connectivity index is 2.24. The fourth-order valence-electron chi connectivity index (χ4n) is 1.49. The quantitative estimate of drug-likeness (QED) is 0.732. The van der Waals surface area contributed by atoms with Crippen molar-refractivity contribution in [1.29, 1.82) is 0 Å². The molecule has 2 aromatic heterocycles. The van der Waals surface area contributed by atoms with Crippen molar-refractivity contribution in [1.82, 2.24) is 9.55 Å². The third-order valence-corrected chi connectivity index (χ3v) is 2.47. The average molecular weight is 212 g/mol. The van der Waals surface area contributed by atoms with Crippen LogP contribution in [0.2, 0.25) is 0 Å². The van der Waals surface area contributed by atoms with Gasteiger partial charge in [0.05, 0.1) is 5.69 Å². The van der Waals surface area contributed by atoms with Crippen molar-refractivity contribution in [2.75, 3.05) is 0 Å². The largest absolute Gasteiger partial charge is 0.342 e. The van der Waals surface area contributed by atoms with Crippen LogP contribution in [0.4, 0.5) is 0 Å². The van der Waals surface area contributed by atoms with Gasteiger partial charge in [-0.15, -0.1) is 0 Å². The first kappa shape index (κ1) is 10.4. The molecule has 3 heteroatoms. The van der Waals surface area contributed by atoms with E-state index in [2.05, 4.69) is 4.98 Å². The third-order valence-electron chi connectivity index (χ3n) is 2.47. The van der Waals surface area contributed by atoms with Crippen molar-refractivity contribution >= 4 is 18.4 Å². The van der Waals surface area contributed by atoms with E-state index >= 15 is 0 Å². The van der Waals surface area contributed by atoms with Crippen LogP contribution in [0.1, 0.15) is 21.7 Å². The SMILES string of the molecule is Cn1c(C=O)ccc1C=Cc1ccncc1. The van der Waals surface area contributed by atoms with Crippen molar-refractivity contribution in [3.8, 4) is 0 Å². The Kier molecular flexibility index (Phi) is 2.96. The lowest BCUT2D eigenvalue weighted by molar-refractivity contribution is 0.111. The van der Waals surface area contributed by atoms with Crippen LogP contribution in [0, 0.1) is 0 Å². The maximum absolute atomic E-state index is 10.7. The summed E-state index contributed by atoms with van der Waals surface area (Å²) in [5.41, 5.74) is 2.76. The third kappa shape index (κ3) is 2.08. The zero-order chi connectivity index (χ0) is 11.4. The molecule has 80 valence electrons. The molecular weight excluding hydrogens is 200 g/mol. The van der Waals surface area contributed by atoms with E-state index in [-0.39, 0.29) is 0 Å². The van der Waals surface area contributed by atoms with Gasteiger partial charge in [-0.05, 0) is 35.9 Å². The number of nitrogens with zero attached hydrogens (tertiary/aromatic N) is 2. The molecular formula is C13H12N2O. The second kappa shape index (κ2) is 4.57. The van der Waals surface area contributed by atoms with Gasteiger partial charge in [-0.1, -0.05) is 6.08 Å². The van der Waals surface area contributed by atoms with Gasteiger partial charge in [-0.3, -0.25) is 9.78 Å². The number of hydrogen-bond acceptors (Lipinski definition) is 2. The van der Waals surface area contributed by atoms with E-state index in [0.717, 1.165) is 17.5 Å². The number of pyridine rings is 1. The van der Waals surface area contributed by atoms with Crippen LogP contribution in [-0.4, -0.2) is 15.8 Å². The van der Waals surface area contributed by atoms with Crippen molar-refractivity contribution in [2.24, 2.45) is 7.05 Å². The highest BCUT2D eigenvalue weighted by molar-refractivity contribution is 5.76. The van der Waals surface area contributed by atoms with E-state index in [4.69, 9.17) is 0 Å². The van der Waals surface area contributed by atoms with Crippen LogP contribution in [0.5, 0.6) is 0 Å². The van der Waals surface area contributed by atoms with Crippen molar-refractivity contribution in [3.05, 3.63) is 53.6 Å². The van der Waals surface area contributed by atoms with Gasteiger partial charge in [-0.2, -0.15) is 0 Å². The monoisotopic (exact) mass is 212 g/mol. The molecule has 0 fully saturated rings. The second-order valence-corrected chi connectivity index (χ2v) is 3.47. The normalized spacial score (nSPS) is 10.8. The molecule has 0 atom stereocenters. The Labute approximate surface area is 94.1 Å². The highest BCUT2D eigenvalue weighted by Gasteiger charge is 1.99. The molecule has 0 amide bonds. The molecule has 16 heavy (non-hydrogen) atoms. The number of aldehydes is 1. The van der Waals surface area contributed by atoms with E-state index in [9.17, 15) is 4.79 Å². The first-order valence-corrected chi connectivity index (χ1v) is 5.00. The minimum absolute atomic E-state index is 0.675. The lowest BCUT2D eigenvalue weighted by Gasteiger charge is -1.98. The Morgan fingerprint density at radius 1 is 1.06 bits per heavy atom. The van der Waals surface area contributed by atoms with E-state index in [0.29, 0.717) is 5.69 Å². The van der Waals surface area contributed by atoms with Crippen LogP contribution in [0.3, 0.4) is 0 Å². The first-order chi connectivity index (χ1) is 7.81. The lowest BCUT2D eigenvalue weighted by Crippen LogP contribution is -1.95. The summed E-state index contributed by atoms with van der Waals surface area (Å²) < 4.78 is 1.85. The van der Waals surface area contributed by atoms with E-state index in [1.165, 1.54) is 0 Å². The topological polar surface area (TPSA) is 34.9 Å². The summed E-state index contributed by atoms with van der Waals surface area (Å²) in [6.45, 7) is 0. The minimum Gasteiger partial charge on any atom is -0.342 e. The first-order valence-electron chi connectivity index (χ1n) is 5.00. The smallest absolute Gasteiger partial charge is 0.166 e. The van der Waals surface area contributed by atoms with E-state index in [1.807, 2.05) is 42.0 Å². The van der Waals surface area contributed by atoms with Crippen LogP contribution >= 0.6 is 0 Å². The molecule has 0 aliphatic rings. The van der Waals surface area contributed by atoms with Gasteiger partial charge in [0.1, 0.15) is 0 Å². The van der Waals surface area contributed by atoms with Crippen LogP contribution in [0.25, 0.3) is 12.2 Å². The molecule has 0 saturated heterocycles. The Bertz CT molecular complexity index is 512. The van der Waals surface area contributed by atoms with Gasteiger partial charge in [0.2, 0.25) is 0 Å². The molecule has 2 aromatic rings. The molecule has 0 aliphatic heterocycles. The molecule has 0 N–H and O–H groups in total. The van der Waals surface area contributed by atoms with Crippen LogP contribution < -0.4 is 0 Å². The summed E-state index contributed by atoms with van der Waals surface area (Å²) >= 11 is 0. The molecule has 0 radical (unpaired) electrons. The zero-order valence-electron chi connectivity index (χ0n) is 9.00. The molecule has 0 saturated carbocycles. The van der Waals surface area contributed by atoms with Crippen molar-refractivity contribution < 1.29 is 4.79 Å². The Morgan fingerprint density at radius 3 is 2.38 bits per heavy atom. The molecule has 3 nitrogen and oxygen atoms in total. The maximum Gasteiger partial charge on any atom is 0.166 e. The number of carbonyl (C=O) groups is 1. The summed E-state index contributed by atoms with van der Waals surface area (Å²) in [5.74, 6) is 0. The van der Waals surface area contributed by atoms with E-state index in [1.54, 1.807) is 18.5 Å². The number of carbonyl (C=O) groups excluding carboxylic acids is 1. The van der Waals surface area contributed by atoms with Gasteiger partial charge in [0.15, 0.2) is 6.29 Å². The van der Waals surface area contributed by atoms with E-state index < -0.39 is 0 Å². The average Bonchev–Trinajstić information content (AvgIpc) is 2.69. The fraction of sp³-hybridized carbons (Fsp3) is 0.0769. The Morgan fingerprint density at radius 2 is 1.75 bits per heavy atom. The highest BCUT2D eigenvalue weighted by Crippen LogP contribution is 2.10. The number of aromatic nitrogens is 2. The fourth-order valence-corrected chi connectivity index (χ4v) is 1.49. The second-order valence-electron chi connectivity index (χ2n) is 3.47. The molecule has 2 rings (SSSR count). The van der Waals surface area contributed by atoms with Gasteiger partial charge in [0.25, 0.3) is 0 Å². The predicted octanol–water partition coefficient (Wildman–Crippen LogP) is 2.40. The number of rotatable bonds is 3. The molecule has 0 aliphatic carbocycles. The summed E-state index contributed by atoms with van der Waals surface area (Å²) in [7, 11) is 1.87. The van der Waals surface area contributed by atoms with Crippen LogP contribution in [0.15, 0.2) is 36.7 Å².